The molecule has 1 aromatic carbocycles. The van der Waals surface area contributed by atoms with E-state index in [0.717, 1.165) is 31.5 Å². The number of carbonyl (C=O) groups excluding carboxylic acids is 1. The fourth-order valence-corrected chi connectivity index (χ4v) is 1.86. The average molecular weight is 323 g/mol. The number of nitrogens with one attached hydrogen (secondary N) is 2. The molecule has 1 rings (SSSR count). The lowest BCUT2D eigenvalue weighted by atomic mass is 10.1. The molecule has 0 aromatic heterocycles. The Hall–Kier alpha value is -2.15. The quantitative estimate of drug-likeness (QED) is 0.436. The van der Waals surface area contributed by atoms with E-state index >= 15 is 0 Å². The van der Waals surface area contributed by atoms with Crippen molar-refractivity contribution in [3.05, 3.63) is 39.9 Å². The Labute approximate surface area is 136 Å². The molecule has 0 aliphatic rings. The monoisotopic (exact) mass is 323 g/mol. The van der Waals surface area contributed by atoms with Crippen LogP contribution in [-0.2, 0) is 11.2 Å². The first-order valence-electron chi connectivity index (χ1n) is 7.69. The first kappa shape index (κ1) is 18.9. The number of nitro benzene ring substituents is 1. The number of rotatable bonds is 8. The number of nitrogens with zero attached hydrogens (tertiary/aromatic N) is 1. The molecule has 0 radical (unpaired) electrons. The number of benzene rings is 1. The number of ether oxygens (including phenoxy) is 1. The van der Waals surface area contributed by atoms with Crippen molar-refractivity contribution in [3.8, 4) is 0 Å². The molecule has 1 amide bonds. The van der Waals surface area contributed by atoms with Crippen LogP contribution >= 0.6 is 0 Å². The zero-order valence-electron chi connectivity index (χ0n) is 13.9. The van der Waals surface area contributed by atoms with Crippen molar-refractivity contribution in [3.63, 3.8) is 0 Å². The fourth-order valence-electron chi connectivity index (χ4n) is 1.86. The highest BCUT2D eigenvalue weighted by Crippen LogP contribution is 2.11. The minimum atomic E-state index is -0.479. The van der Waals surface area contributed by atoms with Crippen molar-refractivity contribution in [1.82, 2.24) is 10.6 Å². The Morgan fingerprint density at radius 2 is 1.83 bits per heavy atom. The zero-order chi connectivity index (χ0) is 17.3. The van der Waals surface area contributed by atoms with Crippen LogP contribution in [0.15, 0.2) is 24.3 Å². The van der Waals surface area contributed by atoms with Crippen molar-refractivity contribution in [2.75, 3.05) is 19.6 Å². The predicted molar refractivity (Wildman–Crippen MR) is 88.5 cm³/mol. The summed E-state index contributed by atoms with van der Waals surface area (Å²) in [6.45, 7) is 7.59. The summed E-state index contributed by atoms with van der Waals surface area (Å²) in [5, 5.41) is 16.5. The molecule has 0 saturated heterocycles. The van der Waals surface area contributed by atoms with Crippen molar-refractivity contribution < 1.29 is 14.5 Å². The van der Waals surface area contributed by atoms with Crippen molar-refractivity contribution >= 4 is 11.8 Å². The topological polar surface area (TPSA) is 93.5 Å². The van der Waals surface area contributed by atoms with Gasteiger partial charge < -0.3 is 15.4 Å². The SMILES string of the molecule is CC(C)(C)OC(=O)NCCCNCCc1ccc([N+](=O)[O-])cc1. The number of alkyl carbamates (subject to hydrolysis) is 1. The molecule has 0 bridgehead atoms. The third-order valence-electron chi connectivity index (χ3n) is 2.94. The normalized spacial score (nSPS) is 11.1. The second-order valence-corrected chi connectivity index (χ2v) is 6.21. The minimum absolute atomic E-state index is 0.106. The summed E-state index contributed by atoms with van der Waals surface area (Å²) in [5.41, 5.74) is 0.678. The number of hydrogen-bond donors (Lipinski definition) is 2. The first-order valence-corrected chi connectivity index (χ1v) is 7.69. The highest BCUT2D eigenvalue weighted by molar-refractivity contribution is 5.67. The van der Waals surface area contributed by atoms with Crippen molar-refractivity contribution in [2.45, 2.75) is 39.2 Å². The van der Waals surface area contributed by atoms with Gasteiger partial charge in [-0.2, -0.15) is 0 Å². The molecule has 0 heterocycles. The molecule has 0 fully saturated rings. The summed E-state index contributed by atoms with van der Waals surface area (Å²) in [4.78, 5) is 21.6. The Morgan fingerprint density at radius 3 is 2.39 bits per heavy atom. The van der Waals surface area contributed by atoms with Crippen LogP contribution in [0.25, 0.3) is 0 Å². The van der Waals surface area contributed by atoms with Crippen LogP contribution in [0.2, 0.25) is 0 Å². The average Bonchev–Trinajstić information content (AvgIpc) is 2.45. The second-order valence-electron chi connectivity index (χ2n) is 6.21. The van der Waals surface area contributed by atoms with E-state index in [0.29, 0.717) is 6.54 Å². The molecule has 0 atom stereocenters. The van der Waals surface area contributed by atoms with E-state index in [9.17, 15) is 14.9 Å². The van der Waals surface area contributed by atoms with E-state index in [4.69, 9.17) is 4.74 Å². The third kappa shape index (κ3) is 8.77. The Kier molecular flexibility index (Phi) is 7.47. The summed E-state index contributed by atoms with van der Waals surface area (Å²) in [5.74, 6) is 0. The molecule has 7 nitrogen and oxygen atoms in total. The molecule has 0 unspecified atom stereocenters. The van der Waals surface area contributed by atoms with Crippen LogP contribution in [0.4, 0.5) is 10.5 Å². The molecular formula is C16H25N3O4. The number of hydrogen-bond acceptors (Lipinski definition) is 5. The minimum Gasteiger partial charge on any atom is -0.444 e. The molecule has 128 valence electrons. The molecular weight excluding hydrogens is 298 g/mol. The van der Waals surface area contributed by atoms with Gasteiger partial charge in [-0.05, 0) is 52.3 Å². The molecule has 7 heteroatoms. The Balaban J connectivity index is 2.07. The van der Waals surface area contributed by atoms with Crippen LogP contribution in [0, 0.1) is 10.1 Å². The standard InChI is InChI=1S/C16H25N3O4/c1-16(2,3)23-15(20)18-11-4-10-17-12-9-13-5-7-14(8-6-13)19(21)22/h5-8,17H,4,9-12H2,1-3H3,(H,18,20). The van der Waals surface area contributed by atoms with Crippen LogP contribution < -0.4 is 10.6 Å². The third-order valence-corrected chi connectivity index (χ3v) is 2.94. The highest BCUT2D eigenvalue weighted by Gasteiger charge is 2.15. The van der Waals surface area contributed by atoms with Crippen LogP contribution in [0.1, 0.15) is 32.8 Å². The van der Waals surface area contributed by atoms with Crippen LogP contribution in [0.5, 0.6) is 0 Å². The number of carbonyl (C=O) groups is 1. The van der Waals surface area contributed by atoms with Crippen molar-refractivity contribution in [1.29, 1.82) is 0 Å². The van der Waals surface area contributed by atoms with E-state index in [1.165, 1.54) is 12.1 Å². The number of amides is 1. The Morgan fingerprint density at radius 1 is 1.17 bits per heavy atom. The van der Waals surface area contributed by atoms with Gasteiger partial charge in [0.2, 0.25) is 0 Å². The van der Waals surface area contributed by atoms with Gasteiger partial charge in [0.05, 0.1) is 4.92 Å². The van der Waals surface area contributed by atoms with Crippen LogP contribution in [0.3, 0.4) is 0 Å². The number of non-ortho nitro benzene ring substituents is 1. The van der Waals surface area contributed by atoms with E-state index in [1.54, 1.807) is 12.1 Å². The summed E-state index contributed by atoms with van der Waals surface area (Å²) >= 11 is 0. The van der Waals surface area contributed by atoms with Gasteiger partial charge >= 0.3 is 6.09 Å². The van der Waals surface area contributed by atoms with E-state index < -0.39 is 16.6 Å². The summed E-state index contributed by atoms with van der Waals surface area (Å²) in [6, 6.07) is 6.56. The van der Waals surface area contributed by atoms with E-state index in [2.05, 4.69) is 10.6 Å². The largest absolute Gasteiger partial charge is 0.444 e. The molecule has 0 spiro atoms. The van der Waals surface area contributed by atoms with Gasteiger partial charge in [-0.1, -0.05) is 12.1 Å². The van der Waals surface area contributed by atoms with Gasteiger partial charge in [0.15, 0.2) is 0 Å². The predicted octanol–water partition coefficient (Wildman–Crippen LogP) is 2.64. The maximum absolute atomic E-state index is 11.4. The lowest BCUT2D eigenvalue weighted by Gasteiger charge is -2.19. The van der Waals surface area contributed by atoms with Gasteiger partial charge in [-0.15, -0.1) is 0 Å². The van der Waals surface area contributed by atoms with Gasteiger partial charge in [-0.3, -0.25) is 10.1 Å². The smallest absolute Gasteiger partial charge is 0.407 e. The summed E-state index contributed by atoms with van der Waals surface area (Å²) < 4.78 is 5.13. The maximum Gasteiger partial charge on any atom is 0.407 e. The van der Waals surface area contributed by atoms with Gasteiger partial charge in [-0.25, -0.2) is 4.79 Å². The first-order chi connectivity index (χ1) is 10.8. The summed E-state index contributed by atoms with van der Waals surface area (Å²) in [6.07, 6.45) is 1.21. The highest BCUT2D eigenvalue weighted by atomic mass is 16.6. The number of nitro groups is 1. The summed E-state index contributed by atoms with van der Waals surface area (Å²) in [7, 11) is 0. The maximum atomic E-state index is 11.4. The van der Waals surface area contributed by atoms with E-state index in [-0.39, 0.29) is 5.69 Å². The molecule has 0 aliphatic heterocycles. The van der Waals surface area contributed by atoms with Gasteiger partial charge in [0.1, 0.15) is 5.60 Å². The van der Waals surface area contributed by atoms with E-state index in [1.807, 2.05) is 20.8 Å². The zero-order valence-corrected chi connectivity index (χ0v) is 13.9. The Bertz CT molecular complexity index is 509. The molecule has 0 saturated carbocycles. The van der Waals surface area contributed by atoms with Gasteiger partial charge in [0, 0.05) is 18.7 Å². The molecule has 1 aromatic rings. The second kappa shape index (κ2) is 9.09. The van der Waals surface area contributed by atoms with Crippen molar-refractivity contribution in [2.24, 2.45) is 0 Å². The van der Waals surface area contributed by atoms with Crippen LogP contribution in [-0.4, -0.2) is 36.3 Å². The molecule has 2 N–H and O–H groups in total. The fraction of sp³-hybridized carbons (Fsp3) is 0.562. The van der Waals surface area contributed by atoms with Gasteiger partial charge in [0.25, 0.3) is 5.69 Å². The lowest BCUT2D eigenvalue weighted by molar-refractivity contribution is -0.384. The molecule has 0 aliphatic carbocycles. The lowest BCUT2D eigenvalue weighted by Crippen LogP contribution is -2.34. The molecule has 23 heavy (non-hydrogen) atoms.